The topological polar surface area (TPSA) is 82.8 Å². The number of esters is 1. The van der Waals surface area contributed by atoms with E-state index >= 15 is 0 Å². The number of hydrogen-bond acceptors (Lipinski definition) is 7. The fraction of sp³-hybridized carbons (Fsp3) is 0.312. The van der Waals surface area contributed by atoms with E-state index in [4.69, 9.17) is 4.74 Å². The molecule has 3 aromatic heterocycles. The summed E-state index contributed by atoms with van der Waals surface area (Å²) in [5.74, 6) is -1.38. The zero-order chi connectivity index (χ0) is 22.1. The number of halogens is 6. The smallest absolute Gasteiger partial charge is 0.433 e. The zero-order valence-electron chi connectivity index (χ0n) is 15.0. The summed E-state index contributed by atoms with van der Waals surface area (Å²) in [7, 11) is 0. The number of nitrogens with zero attached hydrogens (tertiary/aromatic N) is 5. The molecule has 0 saturated carbocycles. The molecular weight excluding hydrogens is 440 g/mol. The van der Waals surface area contributed by atoms with Gasteiger partial charge in [-0.1, -0.05) is 0 Å². The highest BCUT2D eigenvalue weighted by Gasteiger charge is 2.39. The highest BCUT2D eigenvalue weighted by Crippen LogP contribution is 2.35. The van der Waals surface area contributed by atoms with Gasteiger partial charge in [0.25, 0.3) is 0 Å². The monoisotopic (exact) mass is 451 g/mol. The number of hydrogen-bond donors (Lipinski definition) is 0. The molecule has 0 bridgehead atoms. The van der Waals surface area contributed by atoms with Crippen LogP contribution in [0.25, 0.3) is 11.5 Å². The van der Waals surface area contributed by atoms with E-state index in [9.17, 15) is 31.1 Å². The number of rotatable bonds is 5. The first kappa shape index (κ1) is 21.7. The van der Waals surface area contributed by atoms with Crippen molar-refractivity contribution in [3.8, 4) is 11.5 Å². The number of thiazole rings is 1. The highest BCUT2D eigenvalue weighted by atomic mass is 32.1. The molecule has 0 unspecified atom stereocenters. The van der Waals surface area contributed by atoms with Gasteiger partial charge >= 0.3 is 18.3 Å². The Balaban J connectivity index is 1.88. The van der Waals surface area contributed by atoms with E-state index in [0.717, 1.165) is 11.3 Å². The van der Waals surface area contributed by atoms with Crippen LogP contribution < -0.4 is 0 Å². The van der Waals surface area contributed by atoms with Crippen LogP contribution >= 0.6 is 11.3 Å². The second-order valence-electron chi connectivity index (χ2n) is 5.73. The van der Waals surface area contributed by atoms with Crippen LogP contribution in [-0.4, -0.2) is 37.3 Å². The van der Waals surface area contributed by atoms with Crippen LogP contribution in [0.5, 0.6) is 0 Å². The Morgan fingerprint density at radius 2 is 1.73 bits per heavy atom. The molecule has 0 fully saturated rings. The van der Waals surface area contributed by atoms with Crippen molar-refractivity contribution < 1.29 is 35.9 Å². The Labute approximate surface area is 168 Å². The summed E-state index contributed by atoms with van der Waals surface area (Å²) in [6, 6.07) is -0.155. The summed E-state index contributed by atoms with van der Waals surface area (Å²) < 4.78 is 83.8. The molecule has 0 amide bonds. The van der Waals surface area contributed by atoms with Crippen molar-refractivity contribution in [3.05, 3.63) is 45.8 Å². The second kappa shape index (κ2) is 8.01. The van der Waals surface area contributed by atoms with E-state index in [-0.39, 0.29) is 30.5 Å². The van der Waals surface area contributed by atoms with Gasteiger partial charge in [0, 0.05) is 11.6 Å². The molecule has 0 saturated heterocycles. The minimum atomic E-state index is -5.09. The third-order valence-electron chi connectivity index (χ3n) is 3.53. The Morgan fingerprint density at radius 3 is 2.30 bits per heavy atom. The molecule has 0 aliphatic rings. The first-order chi connectivity index (χ1) is 14.0. The summed E-state index contributed by atoms with van der Waals surface area (Å²) >= 11 is 0.963. The molecule has 0 radical (unpaired) electrons. The van der Waals surface area contributed by atoms with Gasteiger partial charge < -0.3 is 4.74 Å². The molecule has 14 heteroatoms. The molecule has 160 valence electrons. The average Bonchev–Trinajstić information content (AvgIpc) is 3.30. The largest absolute Gasteiger partial charge is 0.462 e. The summed E-state index contributed by atoms with van der Waals surface area (Å²) in [6.45, 7) is 1.84. The lowest BCUT2D eigenvalue weighted by atomic mass is 10.3. The van der Waals surface area contributed by atoms with Crippen molar-refractivity contribution in [1.82, 2.24) is 24.7 Å². The van der Waals surface area contributed by atoms with E-state index in [1.165, 1.54) is 22.5 Å². The molecule has 3 rings (SSSR count). The molecule has 3 heterocycles. The Bertz CT molecular complexity index is 1030. The number of aromatic nitrogens is 5. The van der Waals surface area contributed by atoms with Gasteiger partial charge in [-0.2, -0.15) is 31.4 Å². The van der Waals surface area contributed by atoms with Gasteiger partial charge in [0.15, 0.2) is 5.82 Å². The molecule has 0 aliphatic heterocycles. The van der Waals surface area contributed by atoms with Crippen molar-refractivity contribution in [2.24, 2.45) is 0 Å². The van der Waals surface area contributed by atoms with Crippen LogP contribution in [0.15, 0.2) is 23.8 Å². The summed E-state index contributed by atoms with van der Waals surface area (Å²) in [4.78, 5) is 22.0. The maximum absolute atomic E-state index is 12.9. The molecule has 30 heavy (non-hydrogen) atoms. The Kier molecular flexibility index (Phi) is 5.78. The number of alkyl halides is 6. The van der Waals surface area contributed by atoms with E-state index in [1.54, 1.807) is 6.92 Å². The van der Waals surface area contributed by atoms with E-state index in [0.29, 0.717) is 5.01 Å². The maximum atomic E-state index is 12.9. The number of carbonyl (C=O) groups is 1. The first-order valence-corrected chi connectivity index (χ1v) is 9.03. The molecule has 3 aromatic rings. The van der Waals surface area contributed by atoms with Gasteiger partial charge in [0.05, 0.1) is 24.9 Å². The van der Waals surface area contributed by atoms with Crippen LogP contribution in [0.2, 0.25) is 0 Å². The van der Waals surface area contributed by atoms with Gasteiger partial charge in [-0.25, -0.2) is 19.7 Å². The molecule has 0 aliphatic carbocycles. The van der Waals surface area contributed by atoms with Crippen molar-refractivity contribution in [1.29, 1.82) is 0 Å². The lowest BCUT2D eigenvalue weighted by molar-refractivity contribution is -0.147. The minimum Gasteiger partial charge on any atom is -0.462 e. The van der Waals surface area contributed by atoms with E-state index in [2.05, 4.69) is 20.1 Å². The Hall–Kier alpha value is -3.03. The van der Waals surface area contributed by atoms with E-state index < -0.39 is 35.5 Å². The van der Waals surface area contributed by atoms with E-state index in [1.807, 2.05) is 0 Å². The van der Waals surface area contributed by atoms with Gasteiger partial charge in [0.2, 0.25) is 0 Å². The van der Waals surface area contributed by atoms with Crippen LogP contribution in [0, 0.1) is 0 Å². The lowest BCUT2D eigenvalue weighted by Crippen LogP contribution is -2.16. The van der Waals surface area contributed by atoms with Gasteiger partial charge in [-0.15, -0.1) is 11.3 Å². The predicted molar refractivity (Wildman–Crippen MR) is 90.4 cm³/mol. The fourth-order valence-corrected chi connectivity index (χ4v) is 3.01. The van der Waals surface area contributed by atoms with Gasteiger partial charge in [-0.05, 0) is 13.0 Å². The van der Waals surface area contributed by atoms with Crippen molar-refractivity contribution in [2.75, 3.05) is 6.61 Å². The molecule has 7 nitrogen and oxygen atoms in total. The van der Waals surface area contributed by atoms with Crippen molar-refractivity contribution >= 4 is 17.3 Å². The van der Waals surface area contributed by atoms with Crippen molar-refractivity contribution in [2.45, 2.75) is 25.8 Å². The summed E-state index contributed by atoms with van der Waals surface area (Å²) in [5, 5.41) is 5.48. The second-order valence-corrected chi connectivity index (χ2v) is 6.67. The summed E-state index contributed by atoms with van der Waals surface area (Å²) in [6.07, 6.45) is -7.54. The normalized spacial score (nSPS) is 12.2. The SMILES string of the molecule is CCOC(=O)c1cnn(Cc2nc(-c3nc(C(F)(F)F)cc(C(F)(F)F)n3)cs2)c1. The minimum absolute atomic E-state index is 0.0230. The molecule has 0 spiro atoms. The Morgan fingerprint density at radius 1 is 1.10 bits per heavy atom. The number of ether oxygens (including phenoxy) is 1. The van der Waals surface area contributed by atoms with Crippen molar-refractivity contribution in [3.63, 3.8) is 0 Å². The third kappa shape index (κ3) is 4.93. The van der Waals surface area contributed by atoms with Gasteiger partial charge in [0.1, 0.15) is 22.1 Å². The number of carbonyl (C=O) groups excluding carboxylic acids is 1. The van der Waals surface area contributed by atoms with Crippen LogP contribution in [0.1, 0.15) is 33.7 Å². The highest BCUT2D eigenvalue weighted by molar-refractivity contribution is 7.09. The first-order valence-electron chi connectivity index (χ1n) is 8.15. The maximum Gasteiger partial charge on any atom is 0.433 e. The fourth-order valence-electron chi connectivity index (χ4n) is 2.25. The molecule has 0 aromatic carbocycles. The lowest BCUT2D eigenvalue weighted by Gasteiger charge is -2.11. The van der Waals surface area contributed by atoms with Crippen LogP contribution in [0.4, 0.5) is 26.3 Å². The third-order valence-corrected chi connectivity index (χ3v) is 4.36. The predicted octanol–water partition coefficient (Wildman–Crippen LogP) is 4.06. The van der Waals surface area contributed by atoms with Gasteiger partial charge in [-0.3, -0.25) is 4.68 Å². The molecular formula is C16H11F6N5O2S. The zero-order valence-corrected chi connectivity index (χ0v) is 15.8. The average molecular weight is 451 g/mol. The van der Waals surface area contributed by atoms with Crippen LogP contribution in [-0.2, 0) is 23.6 Å². The standard InChI is InChI=1S/C16H11F6N5O2S/c1-2-29-14(28)8-4-23-27(5-8)6-12-24-9(7-30-12)13-25-10(15(17,18)19)3-11(26-13)16(20,21)22/h3-5,7H,2,6H2,1H3. The molecule has 0 N–H and O–H groups in total. The van der Waals surface area contributed by atoms with Crippen LogP contribution in [0.3, 0.4) is 0 Å². The quantitative estimate of drug-likeness (QED) is 0.430. The summed E-state index contributed by atoms with van der Waals surface area (Å²) in [5.41, 5.74) is -3.50. The molecule has 0 atom stereocenters.